The van der Waals surface area contributed by atoms with Gasteiger partial charge >= 0.3 is 0 Å². The Bertz CT molecular complexity index is 3050. The molecule has 0 fully saturated rings. The van der Waals surface area contributed by atoms with Crippen LogP contribution < -0.4 is 4.90 Å². The lowest BCUT2D eigenvalue weighted by molar-refractivity contribution is 1.30. The molecule has 0 heterocycles. The Hall–Kier alpha value is -5.66. The first-order valence-corrected chi connectivity index (χ1v) is 13.6. The van der Waals surface area contributed by atoms with Crippen molar-refractivity contribution in [3.63, 3.8) is 0 Å². The fourth-order valence-electron chi connectivity index (χ4n) is 5.23. The van der Waals surface area contributed by atoms with Gasteiger partial charge in [0, 0.05) is 16.8 Å². The topological polar surface area (TPSA) is 3.24 Å². The van der Waals surface area contributed by atoms with Crippen molar-refractivity contribution in [2.75, 3.05) is 4.90 Å². The van der Waals surface area contributed by atoms with Crippen LogP contribution in [0.1, 0.15) is 20.6 Å². The molecule has 0 atom stereocenters. The van der Waals surface area contributed by atoms with Crippen LogP contribution in [0.15, 0.2) is 176 Å². The summed E-state index contributed by atoms with van der Waals surface area (Å²) < 4.78 is 136. The number of rotatable bonds is 5. The average Bonchev–Trinajstić information content (AvgIpc) is 3.22. The van der Waals surface area contributed by atoms with Crippen LogP contribution in [0.3, 0.4) is 0 Å². The highest BCUT2D eigenvalue weighted by atomic mass is 15.1. The van der Waals surface area contributed by atoms with E-state index in [0.717, 1.165) is 21.1 Å². The van der Waals surface area contributed by atoms with Gasteiger partial charge in [-0.05, 0) is 85.5 Å². The molecule has 0 bridgehead atoms. The number of fused-ring (bicyclic) bond motifs is 3. The lowest BCUT2D eigenvalue weighted by Gasteiger charge is -2.27. The molecule has 8 aromatic rings. The standard InChI is InChI=1S/C42H29N/c1-2-13-34-28-36(23-22-30(34)10-1)35-16-7-17-38(29-35)43(42-21-9-15-32-12-4-6-19-41(32)42)37-26-24-33(25-27-37)40-20-8-14-31-11-3-5-18-39(31)40/h1-29H/i4D,6D,7D,9D,12D,15D,16D,17D,19D,21D,24D,25D,26D,27D,29D. The van der Waals surface area contributed by atoms with Crippen molar-refractivity contribution >= 4 is 49.4 Å². The number of hydrogen-bond donors (Lipinski definition) is 0. The molecule has 43 heavy (non-hydrogen) atoms. The molecule has 1 heteroatoms. The maximum atomic E-state index is 9.68. The monoisotopic (exact) mass is 562 g/mol. The van der Waals surface area contributed by atoms with Gasteiger partial charge in [0.1, 0.15) is 0 Å². The molecule has 1 nitrogen and oxygen atoms in total. The van der Waals surface area contributed by atoms with Crippen LogP contribution in [0.5, 0.6) is 0 Å². The normalized spacial score (nSPS) is 16.1. The molecule has 0 saturated carbocycles. The van der Waals surface area contributed by atoms with Gasteiger partial charge in [-0.2, -0.15) is 0 Å². The third-order valence-electron chi connectivity index (χ3n) is 7.28. The van der Waals surface area contributed by atoms with E-state index >= 15 is 0 Å². The van der Waals surface area contributed by atoms with E-state index in [4.69, 9.17) is 11.0 Å². The molecule has 0 aliphatic rings. The molecule has 0 radical (unpaired) electrons. The Morgan fingerprint density at radius 3 is 2.07 bits per heavy atom. The molecule has 202 valence electrons. The quantitative estimate of drug-likeness (QED) is 0.202. The molecule has 0 amide bonds. The van der Waals surface area contributed by atoms with Gasteiger partial charge in [-0.15, -0.1) is 0 Å². The van der Waals surface area contributed by atoms with Gasteiger partial charge in [0.2, 0.25) is 0 Å². The average molecular weight is 563 g/mol. The number of nitrogens with zero attached hydrogens (tertiary/aromatic N) is 1. The van der Waals surface area contributed by atoms with Gasteiger partial charge in [-0.25, -0.2) is 0 Å². The predicted molar refractivity (Wildman–Crippen MR) is 185 cm³/mol. The summed E-state index contributed by atoms with van der Waals surface area (Å²) in [5.74, 6) is 0. The van der Waals surface area contributed by atoms with Crippen LogP contribution in [0.2, 0.25) is 0 Å². The molecule has 0 saturated heterocycles. The zero-order chi connectivity index (χ0) is 41.6. The lowest BCUT2D eigenvalue weighted by Crippen LogP contribution is -2.10. The van der Waals surface area contributed by atoms with Crippen LogP contribution in [0.25, 0.3) is 54.6 Å². The molecule has 8 aromatic carbocycles. The van der Waals surface area contributed by atoms with Crippen LogP contribution >= 0.6 is 0 Å². The van der Waals surface area contributed by atoms with Gasteiger partial charge in [-0.1, -0.05) is 139 Å². The van der Waals surface area contributed by atoms with Gasteiger partial charge in [0.05, 0.1) is 26.2 Å². The Labute approximate surface area is 273 Å². The highest BCUT2D eigenvalue weighted by Gasteiger charge is 2.16. The molecule has 0 aliphatic carbocycles. The van der Waals surface area contributed by atoms with Gasteiger partial charge in [0.25, 0.3) is 0 Å². The minimum atomic E-state index is -0.843. The third kappa shape index (κ3) is 4.62. The van der Waals surface area contributed by atoms with Crippen molar-refractivity contribution in [1.82, 2.24) is 0 Å². The second-order valence-electron chi connectivity index (χ2n) is 9.84. The maximum absolute atomic E-state index is 9.68. The second kappa shape index (κ2) is 10.6. The highest BCUT2D eigenvalue weighted by Crippen LogP contribution is 2.41. The molecule has 0 N–H and O–H groups in total. The summed E-state index contributed by atoms with van der Waals surface area (Å²) in [5, 5.41) is 1.94. The summed E-state index contributed by atoms with van der Waals surface area (Å²) in [4.78, 5) is 0.809. The zero-order valence-electron chi connectivity index (χ0n) is 37.5. The fraction of sp³-hybridized carbons (Fsp3) is 0. The van der Waals surface area contributed by atoms with Crippen molar-refractivity contribution in [3.05, 3.63) is 176 Å². The Balaban J connectivity index is 1.57. The first-order valence-electron chi connectivity index (χ1n) is 21.1. The summed E-state index contributed by atoms with van der Waals surface area (Å²) in [7, 11) is 0. The number of anilines is 3. The van der Waals surface area contributed by atoms with Gasteiger partial charge in [-0.3, -0.25) is 0 Å². The molecule has 8 rings (SSSR count). The Kier molecular flexibility index (Phi) is 3.46. The molecule has 0 spiro atoms. The van der Waals surface area contributed by atoms with Crippen molar-refractivity contribution in [3.8, 4) is 22.3 Å². The van der Waals surface area contributed by atoms with Crippen LogP contribution in [-0.2, 0) is 0 Å². The summed E-state index contributed by atoms with van der Waals surface area (Å²) in [5.41, 5.74) is -1.48. The van der Waals surface area contributed by atoms with Crippen molar-refractivity contribution in [2.45, 2.75) is 0 Å². The molecular weight excluding hydrogens is 518 g/mol. The highest BCUT2D eigenvalue weighted by molar-refractivity contribution is 6.00. The zero-order valence-corrected chi connectivity index (χ0v) is 22.5. The Morgan fingerprint density at radius 2 is 1.16 bits per heavy atom. The first-order chi connectivity index (χ1) is 27.6. The molecular formula is C42H29N. The fourth-order valence-corrected chi connectivity index (χ4v) is 5.23. The van der Waals surface area contributed by atoms with Crippen LogP contribution in [0, 0.1) is 0 Å². The predicted octanol–water partition coefficient (Wildman–Crippen LogP) is 11.9. The van der Waals surface area contributed by atoms with Crippen molar-refractivity contribution in [2.24, 2.45) is 0 Å². The van der Waals surface area contributed by atoms with E-state index in [9.17, 15) is 9.60 Å². The van der Waals surface area contributed by atoms with E-state index in [1.807, 2.05) is 36.4 Å². The summed E-state index contributed by atoms with van der Waals surface area (Å²) in [6.07, 6.45) is 0. The third-order valence-corrected chi connectivity index (χ3v) is 7.28. The smallest absolute Gasteiger partial charge is 0.0651 e. The Morgan fingerprint density at radius 1 is 0.419 bits per heavy atom. The van der Waals surface area contributed by atoms with Gasteiger partial charge in [0.15, 0.2) is 0 Å². The van der Waals surface area contributed by atoms with E-state index in [1.54, 1.807) is 48.5 Å². The molecule has 0 unspecified atom stereocenters. The minimum absolute atomic E-state index is 0.0900. The van der Waals surface area contributed by atoms with E-state index in [1.165, 1.54) is 0 Å². The lowest BCUT2D eigenvalue weighted by atomic mass is 9.97. The summed E-state index contributed by atoms with van der Waals surface area (Å²) in [6.45, 7) is 0. The first kappa shape index (κ1) is 14.0. The van der Waals surface area contributed by atoms with Crippen molar-refractivity contribution in [1.29, 1.82) is 0 Å². The summed E-state index contributed by atoms with van der Waals surface area (Å²) in [6, 6.07) is 14.1. The largest absolute Gasteiger partial charge is 0.310 e. The van der Waals surface area contributed by atoms with Crippen LogP contribution in [0.4, 0.5) is 17.1 Å². The summed E-state index contributed by atoms with van der Waals surface area (Å²) >= 11 is 0. The van der Waals surface area contributed by atoms with Crippen LogP contribution in [-0.4, -0.2) is 0 Å². The van der Waals surface area contributed by atoms with E-state index < -0.39 is 118 Å². The number of benzene rings is 8. The van der Waals surface area contributed by atoms with Crippen molar-refractivity contribution < 1.29 is 20.6 Å². The second-order valence-corrected chi connectivity index (χ2v) is 9.84. The number of hydrogen-bond acceptors (Lipinski definition) is 1. The molecule has 0 aliphatic heterocycles. The molecule has 0 aromatic heterocycles. The van der Waals surface area contributed by atoms with E-state index in [2.05, 4.69) is 0 Å². The SMILES string of the molecule is [2H]c1c([2H])c(-c2ccc3ccccc3c2)c([2H])c(N(c2c([2H])c([2H])c(-c3cccc4ccccc34)c([2H])c2[2H])c2c([2H])c([2H])c([2H])c3c([2H])c([2H])c([2H])c([2H])c23)c1[2H]. The minimum Gasteiger partial charge on any atom is -0.310 e. The maximum Gasteiger partial charge on any atom is 0.0651 e. The van der Waals surface area contributed by atoms with Gasteiger partial charge < -0.3 is 4.90 Å². The van der Waals surface area contributed by atoms with E-state index in [-0.39, 0.29) is 16.7 Å². The van der Waals surface area contributed by atoms with E-state index in [0.29, 0.717) is 10.9 Å².